The van der Waals surface area contributed by atoms with Crippen molar-refractivity contribution >= 4 is 11.8 Å². The molecule has 3 heterocycles. The minimum Gasteiger partial charge on any atom is -0.309 e. The number of aromatic nitrogens is 6. The Labute approximate surface area is 202 Å². The maximum atomic E-state index is 13.8. The third-order valence-electron chi connectivity index (χ3n) is 5.55. The summed E-state index contributed by atoms with van der Waals surface area (Å²) < 4.78 is 5.25. The first-order chi connectivity index (χ1) is 16.9. The van der Waals surface area contributed by atoms with Gasteiger partial charge in [0.15, 0.2) is 0 Å². The fourth-order valence-corrected chi connectivity index (χ4v) is 4.07. The summed E-state index contributed by atoms with van der Waals surface area (Å²) in [6.45, 7) is 8.70. The van der Waals surface area contributed by atoms with Gasteiger partial charge in [0.25, 0.3) is 11.1 Å². The van der Waals surface area contributed by atoms with Gasteiger partial charge in [0.05, 0.1) is 5.69 Å². The van der Waals surface area contributed by atoms with Gasteiger partial charge in [-0.1, -0.05) is 27.7 Å². The van der Waals surface area contributed by atoms with Crippen molar-refractivity contribution in [1.82, 2.24) is 28.2 Å². The van der Waals surface area contributed by atoms with Crippen LogP contribution in [0, 0.1) is 0 Å². The molecule has 0 aliphatic carbocycles. The third kappa shape index (κ3) is 5.18. The molecule has 35 heavy (non-hydrogen) atoms. The van der Waals surface area contributed by atoms with Crippen LogP contribution in [0.4, 0.5) is 11.8 Å². The Bertz CT molecular complexity index is 1400. The first kappa shape index (κ1) is 25.9. The summed E-state index contributed by atoms with van der Waals surface area (Å²) in [6.07, 6.45) is 5.48. The predicted molar refractivity (Wildman–Crippen MR) is 135 cm³/mol. The Morgan fingerprint density at radius 2 is 1.23 bits per heavy atom. The highest BCUT2D eigenvalue weighted by molar-refractivity contribution is 5.74. The van der Waals surface area contributed by atoms with Crippen LogP contribution in [0.2, 0.25) is 0 Å². The van der Waals surface area contributed by atoms with Crippen molar-refractivity contribution in [3.05, 3.63) is 66.2 Å². The molecule has 3 rings (SSSR count). The highest BCUT2D eigenvalue weighted by atomic mass is 16.2. The van der Waals surface area contributed by atoms with Crippen LogP contribution in [0.1, 0.15) is 53.4 Å². The van der Waals surface area contributed by atoms with Gasteiger partial charge in [0.2, 0.25) is 5.95 Å². The van der Waals surface area contributed by atoms with Crippen molar-refractivity contribution in [2.24, 2.45) is 0 Å². The molecule has 0 fully saturated rings. The normalized spacial score (nSPS) is 11.1. The molecule has 0 aliphatic rings. The monoisotopic (exact) mass is 483 g/mol. The van der Waals surface area contributed by atoms with Gasteiger partial charge in [-0.05, 0) is 31.7 Å². The first-order valence-electron chi connectivity index (χ1n) is 12.2. The second-order valence-electron chi connectivity index (χ2n) is 8.27. The molecule has 0 bridgehead atoms. The van der Waals surface area contributed by atoms with Gasteiger partial charge in [-0.15, -0.1) is 0 Å². The van der Waals surface area contributed by atoms with Crippen molar-refractivity contribution in [3.8, 4) is 11.3 Å². The van der Waals surface area contributed by atoms with E-state index in [9.17, 15) is 19.2 Å². The highest BCUT2D eigenvalue weighted by Gasteiger charge is 2.25. The van der Waals surface area contributed by atoms with E-state index in [4.69, 9.17) is 0 Å². The SMILES string of the molecule is CCCn1c(-c2c(Nc3ncccn3)n(CCC)c(=O)n(CCC)c2=O)cc(=O)n(CCC)c1=O. The highest BCUT2D eigenvalue weighted by Crippen LogP contribution is 2.25. The number of nitrogens with one attached hydrogen (secondary N) is 1. The van der Waals surface area contributed by atoms with Crippen LogP contribution in [-0.4, -0.2) is 28.2 Å². The largest absolute Gasteiger partial charge is 0.332 e. The lowest BCUT2D eigenvalue weighted by Crippen LogP contribution is -2.44. The zero-order valence-electron chi connectivity index (χ0n) is 20.8. The van der Waals surface area contributed by atoms with E-state index < -0.39 is 22.5 Å². The molecule has 11 heteroatoms. The molecule has 0 aromatic carbocycles. The summed E-state index contributed by atoms with van der Waals surface area (Å²) >= 11 is 0. The number of nitrogens with zero attached hydrogens (tertiary/aromatic N) is 6. The summed E-state index contributed by atoms with van der Waals surface area (Å²) in [4.78, 5) is 61.8. The lowest BCUT2D eigenvalue weighted by atomic mass is 10.1. The van der Waals surface area contributed by atoms with Crippen LogP contribution in [0.25, 0.3) is 11.3 Å². The standard InChI is InChI=1S/C24H33N7O4/c1-5-12-28-17(16-18(32)29(13-6-2)23(28)34)19-20(27-22-25-10-9-11-26-22)30(14-7-3)24(35)31(15-8-4)21(19)33/h9-11,16H,5-8,12-15H2,1-4H3,(H,25,26,27). The van der Waals surface area contributed by atoms with Crippen molar-refractivity contribution < 1.29 is 0 Å². The summed E-state index contributed by atoms with van der Waals surface area (Å²) in [5, 5.41) is 3.03. The van der Waals surface area contributed by atoms with Crippen LogP contribution in [0.15, 0.2) is 43.7 Å². The summed E-state index contributed by atoms with van der Waals surface area (Å²) in [5.41, 5.74) is -1.76. The van der Waals surface area contributed by atoms with E-state index in [1.807, 2.05) is 27.7 Å². The van der Waals surface area contributed by atoms with Crippen LogP contribution >= 0.6 is 0 Å². The minimum absolute atomic E-state index is 0.0743. The van der Waals surface area contributed by atoms with E-state index in [1.165, 1.54) is 36.7 Å². The molecule has 0 radical (unpaired) electrons. The average Bonchev–Trinajstić information content (AvgIpc) is 2.85. The van der Waals surface area contributed by atoms with Crippen LogP contribution in [0.3, 0.4) is 0 Å². The molecule has 0 saturated heterocycles. The molecule has 1 N–H and O–H groups in total. The summed E-state index contributed by atoms with van der Waals surface area (Å²) in [6, 6.07) is 2.97. The van der Waals surface area contributed by atoms with Gasteiger partial charge in [0.1, 0.15) is 11.4 Å². The Kier molecular flexibility index (Phi) is 8.56. The number of hydrogen-bond acceptors (Lipinski definition) is 7. The van der Waals surface area contributed by atoms with Crippen LogP contribution in [0.5, 0.6) is 0 Å². The smallest absolute Gasteiger partial charge is 0.309 e. The van der Waals surface area contributed by atoms with Crippen molar-refractivity contribution in [3.63, 3.8) is 0 Å². The van der Waals surface area contributed by atoms with E-state index in [1.54, 1.807) is 6.07 Å². The molecule has 3 aromatic heterocycles. The van der Waals surface area contributed by atoms with Crippen molar-refractivity contribution in [2.75, 3.05) is 5.32 Å². The molecule has 0 unspecified atom stereocenters. The Balaban J connectivity index is 2.50. The van der Waals surface area contributed by atoms with E-state index in [-0.39, 0.29) is 36.1 Å². The van der Waals surface area contributed by atoms with Gasteiger partial charge < -0.3 is 5.32 Å². The predicted octanol–water partition coefficient (Wildman–Crippen LogP) is 2.17. The molecule has 0 aliphatic heterocycles. The van der Waals surface area contributed by atoms with Crippen molar-refractivity contribution in [1.29, 1.82) is 0 Å². The number of hydrogen-bond donors (Lipinski definition) is 1. The van der Waals surface area contributed by atoms with Gasteiger partial charge in [0, 0.05) is 44.6 Å². The average molecular weight is 484 g/mol. The summed E-state index contributed by atoms with van der Waals surface area (Å²) in [5.74, 6) is 0.353. The molecule has 188 valence electrons. The molecule has 0 spiro atoms. The Morgan fingerprint density at radius 3 is 1.83 bits per heavy atom. The van der Waals surface area contributed by atoms with E-state index in [0.29, 0.717) is 38.8 Å². The fraction of sp³-hybridized carbons (Fsp3) is 0.500. The lowest BCUT2D eigenvalue weighted by molar-refractivity contribution is 0.535. The number of rotatable bonds is 11. The lowest BCUT2D eigenvalue weighted by Gasteiger charge is -2.22. The quantitative estimate of drug-likeness (QED) is 0.443. The van der Waals surface area contributed by atoms with E-state index >= 15 is 0 Å². The van der Waals surface area contributed by atoms with Gasteiger partial charge >= 0.3 is 11.4 Å². The molecule has 0 amide bonds. The molecule has 0 atom stereocenters. The zero-order chi connectivity index (χ0) is 25.5. The minimum atomic E-state index is -0.570. The number of anilines is 2. The second kappa shape index (κ2) is 11.6. The molecule has 11 nitrogen and oxygen atoms in total. The molecule has 3 aromatic rings. The maximum Gasteiger partial charge on any atom is 0.332 e. The Morgan fingerprint density at radius 1 is 0.714 bits per heavy atom. The molecule has 0 saturated carbocycles. The topological polar surface area (TPSA) is 126 Å². The van der Waals surface area contributed by atoms with Crippen LogP contribution in [-0.2, 0) is 26.2 Å². The van der Waals surface area contributed by atoms with E-state index in [0.717, 1.165) is 0 Å². The van der Waals surface area contributed by atoms with Gasteiger partial charge in [-0.2, -0.15) is 0 Å². The van der Waals surface area contributed by atoms with Gasteiger partial charge in [-0.3, -0.25) is 27.9 Å². The van der Waals surface area contributed by atoms with Crippen LogP contribution < -0.4 is 27.8 Å². The van der Waals surface area contributed by atoms with E-state index in [2.05, 4.69) is 15.3 Å². The van der Waals surface area contributed by atoms with Crippen molar-refractivity contribution in [2.45, 2.75) is 79.6 Å². The third-order valence-corrected chi connectivity index (χ3v) is 5.55. The first-order valence-corrected chi connectivity index (χ1v) is 12.2. The second-order valence-corrected chi connectivity index (χ2v) is 8.27. The Hall–Kier alpha value is -3.76. The maximum absolute atomic E-state index is 13.8. The van der Waals surface area contributed by atoms with Gasteiger partial charge in [-0.25, -0.2) is 19.6 Å². The molecular weight excluding hydrogens is 450 g/mol. The zero-order valence-corrected chi connectivity index (χ0v) is 20.8. The summed E-state index contributed by atoms with van der Waals surface area (Å²) in [7, 11) is 0. The fourth-order valence-electron chi connectivity index (χ4n) is 4.07. The molecular formula is C24H33N7O4.